The van der Waals surface area contributed by atoms with Gasteiger partial charge in [0.2, 0.25) is 10.0 Å². The van der Waals surface area contributed by atoms with E-state index >= 15 is 0 Å². The zero-order valence-corrected chi connectivity index (χ0v) is 15.1. The number of hydrogen-bond donors (Lipinski definition) is 2. The first kappa shape index (κ1) is 18.5. The summed E-state index contributed by atoms with van der Waals surface area (Å²) in [6, 6.07) is 10.5. The van der Waals surface area contributed by atoms with Gasteiger partial charge in [-0.2, -0.15) is 0 Å². The molecule has 23 heavy (non-hydrogen) atoms. The highest BCUT2D eigenvalue weighted by Crippen LogP contribution is 2.29. The molecular formula is C16H20Cl2N2O2S. The van der Waals surface area contributed by atoms with Crippen LogP contribution in [0, 0.1) is 5.92 Å². The number of sulfonamides is 1. The lowest BCUT2D eigenvalue weighted by Gasteiger charge is -2.30. The molecule has 0 aromatic heterocycles. The second-order valence-corrected chi connectivity index (χ2v) is 7.88. The van der Waals surface area contributed by atoms with Gasteiger partial charge >= 0.3 is 0 Å². The molecule has 0 radical (unpaired) electrons. The van der Waals surface area contributed by atoms with Crippen LogP contribution >= 0.6 is 24.0 Å². The molecule has 1 heterocycles. The maximum atomic E-state index is 12.8. The van der Waals surface area contributed by atoms with Crippen molar-refractivity contribution in [3.8, 4) is 0 Å². The Bertz CT molecular complexity index is 796. The van der Waals surface area contributed by atoms with Crippen LogP contribution in [0.2, 0.25) is 5.02 Å². The number of benzene rings is 2. The third-order valence-corrected chi connectivity index (χ3v) is 6.09. The summed E-state index contributed by atoms with van der Waals surface area (Å²) in [6.45, 7) is 3.72. The van der Waals surface area contributed by atoms with Crippen LogP contribution < -0.4 is 10.0 Å². The van der Waals surface area contributed by atoms with Gasteiger partial charge in [0, 0.05) is 21.8 Å². The smallest absolute Gasteiger partial charge is 0.241 e. The highest BCUT2D eigenvalue weighted by atomic mass is 35.5. The predicted molar refractivity (Wildman–Crippen MR) is 97.0 cm³/mol. The number of nitrogens with one attached hydrogen (secondary N) is 2. The van der Waals surface area contributed by atoms with Gasteiger partial charge in [0.05, 0.1) is 4.90 Å². The zero-order valence-electron chi connectivity index (χ0n) is 12.8. The van der Waals surface area contributed by atoms with Crippen LogP contribution in [0.1, 0.15) is 13.3 Å². The van der Waals surface area contributed by atoms with Gasteiger partial charge in [-0.15, -0.1) is 12.4 Å². The Morgan fingerprint density at radius 3 is 2.57 bits per heavy atom. The number of rotatable bonds is 3. The molecule has 2 unspecified atom stereocenters. The molecule has 126 valence electrons. The highest BCUT2D eigenvalue weighted by Gasteiger charge is 2.27. The van der Waals surface area contributed by atoms with E-state index in [1.807, 2.05) is 18.2 Å². The number of halogens is 2. The summed E-state index contributed by atoms with van der Waals surface area (Å²) in [5.41, 5.74) is 0. The Balaban J connectivity index is 0.00000192. The summed E-state index contributed by atoms with van der Waals surface area (Å²) in [5.74, 6) is 0.266. The van der Waals surface area contributed by atoms with Crippen molar-refractivity contribution in [2.45, 2.75) is 24.3 Å². The molecule has 0 bridgehead atoms. The second kappa shape index (κ2) is 7.36. The molecule has 0 aliphatic carbocycles. The van der Waals surface area contributed by atoms with Gasteiger partial charge in [0.1, 0.15) is 0 Å². The van der Waals surface area contributed by atoms with E-state index in [1.54, 1.807) is 18.2 Å². The zero-order chi connectivity index (χ0) is 15.7. The number of fused-ring (bicyclic) bond motifs is 1. The summed E-state index contributed by atoms with van der Waals surface area (Å²) in [7, 11) is -3.57. The Morgan fingerprint density at radius 2 is 1.87 bits per heavy atom. The van der Waals surface area contributed by atoms with Gasteiger partial charge in [-0.1, -0.05) is 42.8 Å². The van der Waals surface area contributed by atoms with Crippen molar-refractivity contribution in [2.75, 3.05) is 13.1 Å². The van der Waals surface area contributed by atoms with E-state index in [-0.39, 0.29) is 24.4 Å². The lowest BCUT2D eigenvalue weighted by Crippen LogP contribution is -2.48. The minimum absolute atomic E-state index is 0. The van der Waals surface area contributed by atoms with Gasteiger partial charge in [-0.3, -0.25) is 0 Å². The Hall–Kier alpha value is -0.850. The van der Waals surface area contributed by atoms with E-state index in [1.165, 1.54) is 0 Å². The third kappa shape index (κ3) is 3.80. The average Bonchev–Trinajstić information content (AvgIpc) is 2.50. The normalized spacial score (nSPS) is 21.8. The topological polar surface area (TPSA) is 58.2 Å². The monoisotopic (exact) mass is 374 g/mol. The molecular weight excluding hydrogens is 355 g/mol. The van der Waals surface area contributed by atoms with Crippen LogP contribution in [0.4, 0.5) is 0 Å². The van der Waals surface area contributed by atoms with E-state index < -0.39 is 10.0 Å². The molecule has 0 spiro atoms. The largest absolute Gasteiger partial charge is 0.316 e. The number of piperidine rings is 1. The fourth-order valence-electron chi connectivity index (χ4n) is 2.92. The fraction of sp³-hybridized carbons (Fsp3) is 0.375. The van der Waals surface area contributed by atoms with Crippen molar-refractivity contribution in [3.63, 3.8) is 0 Å². The quantitative estimate of drug-likeness (QED) is 0.866. The molecule has 1 aliphatic heterocycles. The SMILES string of the molecule is CC1CNCCC1NS(=O)(=O)c1ccc(Cl)c2ccccc12.Cl. The molecule has 2 atom stereocenters. The molecule has 1 saturated heterocycles. The summed E-state index contributed by atoms with van der Waals surface area (Å²) in [5, 5.41) is 5.25. The minimum Gasteiger partial charge on any atom is -0.316 e. The summed E-state index contributed by atoms with van der Waals surface area (Å²) < 4.78 is 28.5. The van der Waals surface area contributed by atoms with Gasteiger partial charge in [-0.25, -0.2) is 13.1 Å². The Kier molecular flexibility index (Phi) is 5.92. The van der Waals surface area contributed by atoms with Crippen molar-refractivity contribution in [1.29, 1.82) is 0 Å². The molecule has 0 saturated carbocycles. The lowest BCUT2D eigenvalue weighted by atomic mass is 9.97. The van der Waals surface area contributed by atoms with E-state index in [4.69, 9.17) is 11.6 Å². The summed E-state index contributed by atoms with van der Waals surface area (Å²) in [4.78, 5) is 0.290. The van der Waals surface area contributed by atoms with E-state index in [2.05, 4.69) is 17.0 Å². The summed E-state index contributed by atoms with van der Waals surface area (Å²) in [6.07, 6.45) is 0.798. The van der Waals surface area contributed by atoms with Crippen molar-refractivity contribution in [2.24, 2.45) is 5.92 Å². The van der Waals surface area contributed by atoms with Crippen molar-refractivity contribution < 1.29 is 8.42 Å². The minimum atomic E-state index is -3.57. The maximum Gasteiger partial charge on any atom is 0.241 e. The van der Waals surface area contributed by atoms with Crippen LogP contribution in [0.3, 0.4) is 0 Å². The molecule has 2 aromatic carbocycles. The second-order valence-electron chi connectivity index (χ2n) is 5.79. The predicted octanol–water partition coefficient (Wildman–Crippen LogP) is 3.19. The molecule has 3 rings (SSSR count). The molecule has 7 heteroatoms. The fourth-order valence-corrected chi connectivity index (χ4v) is 4.74. The van der Waals surface area contributed by atoms with Crippen LogP contribution in [-0.4, -0.2) is 27.5 Å². The van der Waals surface area contributed by atoms with E-state index in [0.29, 0.717) is 15.3 Å². The molecule has 4 nitrogen and oxygen atoms in total. The first-order chi connectivity index (χ1) is 10.5. The van der Waals surface area contributed by atoms with Gasteiger partial charge in [0.25, 0.3) is 0 Å². The van der Waals surface area contributed by atoms with Crippen LogP contribution in [0.5, 0.6) is 0 Å². The maximum absolute atomic E-state index is 12.8. The van der Waals surface area contributed by atoms with Crippen LogP contribution in [0.25, 0.3) is 10.8 Å². The van der Waals surface area contributed by atoms with Crippen molar-refractivity contribution in [3.05, 3.63) is 41.4 Å². The number of hydrogen-bond acceptors (Lipinski definition) is 3. The van der Waals surface area contributed by atoms with E-state index in [0.717, 1.165) is 24.9 Å². The average molecular weight is 375 g/mol. The molecule has 1 fully saturated rings. The van der Waals surface area contributed by atoms with Crippen LogP contribution in [-0.2, 0) is 10.0 Å². The Labute approximate surface area is 148 Å². The van der Waals surface area contributed by atoms with Gasteiger partial charge in [-0.05, 0) is 37.6 Å². The lowest BCUT2D eigenvalue weighted by molar-refractivity contribution is 0.328. The first-order valence-electron chi connectivity index (χ1n) is 7.39. The molecule has 2 aromatic rings. The van der Waals surface area contributed by atoms with Crippen LogP contribution in [0.15, 0.2) is 41.3 Å². The third-order valence-electron chi connectivity index (χ3n) is 4.21. The van der Waals surface area contributed by atoms with Gasteiger partial charge < -0.3 is 5.32 Å². The van der Waals surface area contributed by atoms with Gasteiger partial charge in [0.15, 0.2) is 0 Å². The molecule has 0 amide bonds. The first-order valence-corrected chi connectivity index (χ1v) is 9.25. The van der Waals surface area contributed by atoms with Crippen molar-refractivity contribution >= 4 is 44.8 Å². The van der Waals surface area contributed by atoms with Crippen molar-refractivity contribution in [1.82, 2.24) is 10.0 Å². The molecule has 2 N–H and O–H groups in total. The standard InChI is InChI=1S/C16H19ClN2O2S.ClH/c1-11-10-18-9-8-15(11)19-22(20,21)16-7-6-14(17)12-4-2-3-5-13(12)16;/h2-7,11,15,18-19H,8-10H2,1H3;1H. The molecule has 1 aliphatic rings. The Morgan fingerprint density at radius 1 is 1.17 bits per heavy atom. The van der Waals surface area contributed by atoms with E-state index in [9.17, 15) is 8.42 Å². The highest BCUT2D eigenvalue weighted by molar-refractivity contribution is 7.89. The summed E-state index contributed by atoms with van der Waals surface area (Å²) >= 11 is 6.17.